The van der Waals surface area contributed by atoms with E-state index in [-0.39, 0.29) is 6.61 Å². The number of nitrogens with one attached hydrogen (secondary N) is 1. The first-order valence-electron chi connectivity index (χ1n) is 8.71. The molecule has 0 aliphatic rings. The molecule has 6 heteroatoms. The van der Waals surface area contributed by atoms with E-state index >= 15 is 0 Å². The van der Waals surface area contributed by atoms with Crippen molar-refractivity contribution in [3.05, 3.63) is 65.7 Å². The summed E-state index contributed by atoms with van der Waals surface area (Å²) in [6.45, 7) is 4.08. The Kier molecular flexibility index (Phi) is 7.92. The predicted molar refractivity (Wildman–Crippen MR) is 102 cm³/mol. The van der Waals surface area contributed by atoms with Crippen LogP contribution < -0.4 is 15.8 Å². The molecule has 2 aromatic carbocycles. The van der Waals surface area contributed by atoms with Gasteiger partial charge in [0.15, 0.2) is 0 Å². The first-order chi connectivity index (χ1) is 12.5. The Morgan fingerprint density at radius 2 is 2.00 bits per heavy atom. The van der Waals surface area contributed by atoms with Crippen LogP contribution in [0.3, 0.4) is 0 Å². The van der Waals surface area contributed by atoms with E-state index in [0.717, 1.165) is 16.9 Å². The van der Waals surface area contributed by atoms with Crippen molar-refractivity contribution in [2.45, 2.75) is 19.6 Å². The van der Waals surface area contributed by atoms with Gasteiger partial charge in [-0.25, -0.2) is 4.79 Å². The van der Waals surface area contributed by atoms with Gasteiger partial charge in [0, 0.05) is 26.2 Å². The van der Waals surface area contributed by atoms with Crippen molar-refractivity contribution in [3.8, 4) is 5.75 Å². The number of carbonyl (C=O) groups is 1. The average molecular weight is 357 g/mol. The Balaban J connectivity index is 1.68. The molecule has 140 valence electrons. The van der Waals surface area contributed by atoms with Crippen molar-refractivity contribution in [1.82, 2.24) is 10.2 Å². The molecule has 0 saturated heterocycles. The number of ether oxygens (including phenoxy) is 1. The normalized spacial score (nSPS) is 11.8. The highest BCUT2D eigenvalue weighted by Gasteiger charge is 2.11. The number of hydrogen-bond donors (Lipinski definition) is 3. The van der Waals surface area contributed by atoms with Crippen LogP contribution in [0.1, 0.15) is 11.1 Å². The van der Waals surface area contributed by atoms with Gasteiger partial charge in [-0.3, -0.25) is 0 Å². The molecule has 0 aliphatic carbocycles. The molecule has 2 rings (SSSR count). The standard InChI is InChI=1S/C20H27N3O3/c1-16-6-5-7-17(12-16)14-23(20(21)25)11-10-22-13-18(24)15-26-19-8-3-2-4-9-19/h2-9,12,18,22,24H,10-11,13-15H2,1H3,(H2,21,25). The quantitative estimate of drug-likeness (QED) is 0.567. The maximum absolute atomic E-state index is 11.6. The van der Waals surface area contributed by atoms with E-state index in [2.05, 4.69) is 5.32 Å². The van der Waals surface area contributed by atoms with Crippen LogP contribution in [0.25, 0.3) is 0 Å². The Labute approximate surface area is 154 Å². The van der Waals surface area contributed by atoms with Crippen LogP contribution in [-0.2, 0) is 6.54 Å². The summed E-state index contributed by atoms with van der Waals surface area (Å²) in [7, 11) is 0. The minimum Gasteiger partial charge on any atom is -0.491 e. The Morgan fingerprint density at radius 1 is 1.23 bits per heavy atom. The molecule has 26 heavy (non-hydrogen) atoms. The molecule has 0 aliphatic heterocycles. The molecule has 6 nitrogen and oxygen atoms in total. The van der Waals surface area contributed by atoms with Crippen molar-refractivity contribution in [2.75, 3.05) is 26.2 Å². The van der Waals surface area contributed by atoms with Crippen LogP contribution in [-0.4, -0.2) is 48.4 Å². The Hall–Kier alpha value is -2.57. The third-order valence-electron chi connectivity index (χ3n) is 3.89. The van der Waals surface area contributed by atoms with Gasteiger partial charge in [-0.1, -0.05) is 48.0 Å². The molecule has 2 amide bonds. The second-order valence-corrected chi connectivity index (χ2v) is 6.23. The molecule has 0 fully saturated rings. The number of primary amides is 1. The van der Waals surface area contributed by atoms with Crippen LogP contribution in [0, 0.1) is 6.92 Å². The average Bonchev–Trinajstić information content (AvgIpc) is 2.63. The van der Waals surface area contributed by atoms with Crippen LogP contribution in [0.5, 0.6) is 5.75 Å². The van der Waals surface area contributed by atoms with Gasteiger partial charge in [0.25, 0.3) is 0 Å². The molecular weight excluding hydrogens is 330 g/mol. The maximum atomic E-state index is 11.6. The van der Waals surface area contributed by atoms with E-state index in [1.165, 1.54) is 0 Å². The van der Waals surface area contributed by atoms with Crippen molar-refractivity contribution < 1.29 is 14.6 Å². The van der Waals surface area contributed by atoms with Gasteiger partial charge in [0.2, 0.25) is 0 Å². The molecule has 0 radical (unpaired) electrons. The summed E-state index contributed by atoms with van der Waals surface area (Å²) in [5.74, 6) is 0.726. The fourth-order valence-corrected chi connectivity index (χ4v) is 2.55. The second kappa shape index (κ2) is 10.4. The van der Waals surface area contributed by atoms with E-state index in [1.807, 2.05) is 61.5 Å². The van der Waals surface area contributed by atoms with Crippen molar-refractivity contribution >= 4 is 6.03 Å². The number of aliphatic hydroxyl groups is 1. The first-order valence-corrected chi connectivity index (χ1v) is 8.71. The molecule has 2 aromatic rings. The van der Waals surface area contributed by atoms with E-state index < -0.39 is 12.1 Å². The van der Waals surface area contributed by atoms with Crippen molar-refractivity contribution in [3.63, 3.8) is 0 Å². The highest BCUT2D eigenvalue weighted by molar-refractivity contribution is 5.72. The lowest BCUT2D eigenvalue weighted by molar-refractivity contribution is 0.106. The number of amides is 2. The lowest BCUT2D eigenvalue weighted by Crippen LogP contribution is -2.41. The fraction of sp³-hybridized carbons (Fsp3) is 0.350. The SMILES string of the molecule is Cc1cccc(CN(CCNCC(O)COc2ccccc2)C(N)=O)c1. The topological polar surface area (TPSA) is 87.8 Å². The lowest BCUT2D eigenvalue weighted by atomic mass is 10.1. The summed E-state index contributed by atoms with van der Waals surface area (Å²) >= 11 is 0. The predicted octanol–water partition coefficient (Wildman–Crippen LogP) is 1.91. The van der Waals surface area contributed by atoms with Crippen LogP contribution in [0.2, 0.25) is 0 Å². The molecule has 0 saturated carbocycles. The van der Waals surface area contributed by atoms with E-state index in [0.29, 0.717) is 26.2 Å². The van der Waals surface area contributed by atoms with Gasteiger partial charge >= 0.3 is 6.03 Å². The number of aryl methyl sites for hydroxylation is 1. The third-order valence-corrected chi connectivity index (χ3v) is 3.89. The number of nitrogens with zero attached hydrogens (tertiary/aromatic N) is 1. The first kappa shape index (κ1) is 19.8. The zero-order chi connectivity index (χ0) is 18.8. The summed E-state index contributed by atoms with van der Waals surface area (Å²) in [4.78, 5) is 13.2. The number of benzene rings is 2. The number of carbonyl (C=O) groups excluding carboxylic acids is 1. The van der Waals surface area contributed by atoms with E-state index in [9.17, 15) is 9.90 Å². The fourth-order valence-electron chi connectivity index (χ4n) is 2.55. The molecular formula is C20H27N3O3. The lowest BCUT2D eigenvalue weighted by Gasteiger charge is -2.21. The molecule has 0 aromatic heterocycles. The molecule has 1 unspecified atom stereocenters. The molecule has 4 N–H and O–H groups in total. The minimum absolute atomic E-state index is 0.208. The third kappa shape index (κ3) is 7.13. The summed E-state index contributed by atoms with van der Waals surface area (Å²) in [5.41, 5.74) is 7.65. The molecule has 0 bridgehead atoms. The molecule has 0 heterocycles. The van der Waals surface area contributed by atoms with E-state index in [4.69, 9.17) is 10.5 Å². The number of rotatable bonds is 10. The summed E-state index contributed by atoms with van der Waals surface area (Å²) in [6.07, 6.45) is -0.631. The van der Waals surface area contributed by atoms with Gasteiger partial charge in [0.1, 0.15) is 18.5 Å². The Morgan fingerprint density at radius 3 is 2.69 bits per heavy atom. The van der Waals surface area contributed by atoms with Gasteiger partial charge in [-0.2, -0.15) is 0 Å². The smallest absolute Gasteiger partial charge is 0.315 e. The highest BCUT2D eigenvalue weighted by Crippen LogP contribution is 2.09. The van der Waals surface area contributed by atoms with Crippen molar-refractivity contribution in [2.24, 2.45) is 5.73 Å². The van der Waals surface area contributed by atoms with Crippen molar-refractivity contribution in [1.29, 1.82) is 0 Å². The van der Waals surface area contributed by atoms with Gasteiger partial charge in [-0.05, 0) is 24.6 Å². The highest BCUT2D eigenvalue weighted by atomic mass is 16.5. The van der Waals surface area contributed by atoms with E-state index in [1.54, 1.807) is 4.90 Å². The van der Waals surface area contributed by atoms with Crippen LogP contribution in [0.15, 0.2) is 54.6 Å². The van der Waals surface area contributed by atoms with Crippen LogP contribution >= 0.6 is 0 Å². The summed E-state index contributed by atoms with van der Waals surface area (Å²) in [6, 6.07) is 16.9. The zero-order valence-electron chi connectivity index (χ0n) is 15.1. The largest absolute Gasteiger partial charge is 0.491 e. The van der Waals surface area contributed by atoms with Gasteiger partial charge < -0.3 is 25.8 Å². The summed E-state index contributed by atoms with van der Waals surface area (Å²) < 4.78 is 5.50. The summed E-state index contributed by atoms with van der Waals surface area (Å²) in [5, 5.41) is 13.1. The molecule has 0 spiro atoms. The molecule has 1 atom stereocenters. The van der Waals surface area contributed by atoms with Gasteiger partial charge in [0.05, 0.1) is 0 Å². The number of urea groups is 1. The van der Waals surface area contributed by atoms with Gasteiger partial charge in [-0.15, -0.1) is 0 Å². The maximum Gasteiger partial charge on any atom is 0.315 e. The zero-order valence-corrected chi connectivity index (χ0v) is 15.1. The number of para-hydroxylation sites is 1. The number of nitrogens with two attached hydrogens (primary N) is 1. The monoisotopic (exact) mass is 357 g/mol. The van der Waals surface area contributed by atoms with Crippen LogP contribution in [0.4, 0.5) is 4.79 Å². The second-order valence-electron chi connectivity index (χ2n) is 6.23. The Bertz CT molecular complexity index is 679. The number of hydrogen-bond acceptors (Lipinski definition) is 4. The number of aliphatic hydroxyl groups excluding tert-OH is 1. The minimum atomic E-state index is -0.631.